The quantitative estimate of drug-likeness (QED) is 0.554. The smallest absolute Gasteiger partial charge is 0.338 e. The second-order valence-corrected chi connectivity index (χ2v) is 4.85. The summed E-state index contributed by atoms with van der Waals surface area (Å²) in [7, 11) is 0. The molecule has 1 amide bonds. The van der Waals surface area contributed by atoms with Gasteiger partial charge >= 0.3 is 5.97 Å². The molecule has 0 aliphatic heterocycles. The molecule has 110 valence electrons. The first kappa shape index (κ1) is 16.2. The van der Waals surface area contributed by atoms with Crippen LogP contribution in [0.15, 0.2) is 24.3 Å². The monoisotopic (exact) mass is 277 g/mol. The Hall–Kier alpha value is -1.84. The van der Waals surface area contributed by atoms with E-state index in [0.29, 0.717) is 30.2 Å². The average molecular weight is 277 g/mol. The van der Waals surface area contributed by atoms with Gasteiger partial charge in [-0.3, -0.25) is 4.79 Å². The second kappa shape index (κ2) is 9.13. The van der Waals surface area contributed by atoms with Gasteiger partial charge < -0.3 is 10.1 Å². The third kappa shape index (κ3) is 5.43. The predicted octanol–water partition coefficient (Wildman–Crippen LogP) is 3.63. The number of ether oxygens (including phenoxy) is 1. The fraction of sp³-hybridized carbons (Fsp3) is 0.500. The van der Waals surface area contributed by atoms with Crippen molar-refractivity contribution in [1.82, 2.24) is 0 Å². The van der Waals surface area contributed by atoms with E-state index in [2.05, 4.69) is 19.2 Å². The Morgan fingerprint density at radius 2 is 2.00 bits per heavy atom. The van der Waals surface area contributed by atoms with E-state index in [1.54, 1.807) is 24.3 Å². The second-order valence-electron chi connectivity index (χ2n) is 4.85. The molecular weight excluding hydrogens is 254 g/mol. The standard InChI is InChI=1S/C16H23NO3/c1-3-5-6-13(4-2)11-20-16(19)14-7-9-15(10-8-14)17-12-18/h7-10,12-13H,3-6,11H2,1-2H3,(H,17,18). The molecule has 1 aromatic rings. The van der Waals surface area contributed by atoms with Crippen LogP contribution in [0.4, 0.5) is 5.69 Å². The Balaban J connectivity index is 2.46. The molecule has 0 aliphatic carbocycles. The lowest BCUT2D eigenvalue weighted by Gasteiger charge is -2.14. The molecule has 0 saturated carbocycles. The first-order valence-corrected chi connectivity index (χ1v) is 7.18. The minimum absolute atomic E-state index is 0.308. The molecule has 0 bridgehead atoms. The number of carbonyl (C=O) groups excluding carboxylic acids is 2. The number of unbranched alkanes of at least 4 members (excludes halogenated alkanes) is 1. The van der Waals surface area contributed by atoms with Crippen molar-refractivity contribution in [2.45, 2.75) is 39.5 Å². The van der Waals surface area contributed by atoms with Crippen molar-refractivity contribution in [3.05, 3.63) is 29.8 Å². The molecule has 20 heavy (non-hydrogen) atoms. The van der Waals surface area contributed by atoms with E-state index in [-0.39, 0.29) is 5.97 Å². The van der Waals surface area contributed by atoms with E-state index in [1.807, 2.05) is 0 Å². The van der Waals surface area contributed by atoms with Gasteiger partial charge in [-0.05, 0) is 36.6 Å². The van der Waals surface area contributed by atoms with Gasteiger partial charge in [-0.25, -0.2) is 4.79 Å². The van der Waals surface area contributed by atoms with Gasteiger partial charge in [0.05, 0.1) is 12.2 Å². The van der Waals surface area contributed by atoms with Gasteiger partial charge in [-0.15, -0.1) is 0 Å². The van der Waals surface area contributed by atoms with Crippen LogP contribution in [0, 0.1) is 5.92 Å². The van der Waals surface area contributed by atoms with E-state index < -0.39 is 0 Å². The van der Waals surface area contributed by atoms with E-state index >= 15 is 0 Å². The zero-order valence-electron chi connectivity index (χ0n) is 12.2. The molecule has 0 radical (unpaired) electrons. The first-order chi connectivity index (χ1) is 9.71. The Morgan fingerprint density at radius 3 is 2.55 bits per heavy atom. The molecule has 4 nitrogen and oxygen atoms in total. The third-order valence-corrected chi connectivity index (χ3v) is 3.34. The van der Waals surface area contributed by atoms with Crippen molar-refractivity contribution in [1.29, 1.82) is 0 Å². The van der Waals surface area contributed by atoms with Gasteiger partial charge in [-0.2, -0.15) is 0 Å². The number of esters is 1. The van der Waals surface area contributed by atoms with Gasteiger partial charge in [0.2, 0.25) is 6.41 Å². The number of hydrogen-bond donors (Lipinski definition) is 1. The summed E-state index contributed by atoms with van der Waals surface area (Å²) in [6.07, 6.45) is 5.06. The normalized spacial score (nSPS) is 11.7. The Kier molecular flexibility index (Phi) is 7.40. The number of rotatable bonds is 9. The maximum Gasteiger partial charge on any atom is 0.338 e. The molecule has 1 rings (SSSR count). The number of benzene rings is 1. The molecule has 1 N–H and O–H groups in total. The largest absolute Gasteiger partial charge is 0.462 e. The van der Waals surface area contributed by atoms with Crippen molar-refractivity contribution in [3.8, 4) is 0 Å². The summed E-state index contributed by atoms with van der Waals surface area (Å²) in [6, 6.07) is 6.67. The van der Waals surface area contributed by atoms with Crippen LogP contribution in [0.2, 0.25) is 0 Å². The first-order valence-electron chi connectivity index (χ1n) is 7.18. The molecule has 0 heterocycles. The Morgan fingerprint density at radius 1 is 1.30 bits per heavy atom. The van der Waals surface area contributed by atoms with Crippen LogP contribution in [0.25, 0.3) is 0 Å². The van der Waals surface area contributed by atoms with Crippen LogP contribution in [0.3, 0.4) is 0 Å². The van der Waals surface area contributed by atoms with Crippen molar-refractivity contribution in [3.63, 3.8) is 0 Å². The summed E-state index contributed by atoms with van der Waals surface area (Å²) in [4.78, 5) is 22.2. The van der Waals surface area contributed by atoms with Gasteiger partial charge in [0.1, 0.15) is 0 Å². The van der Waals surface area contributed by atoms with Crippen molar-refractivity contribution in [2.24, 2.45) is 5.92 Å². The molecule has 4 heteroatoms. The fourth-order valence-electron chi connectivity index (χ4n) is 1.95. The van der Waals surface area contributed by atoms with Gasteiger partial charge in [-0.1, -0.05) is 33.1 Å². The minimum Gasteiger partial charge on any atom is -0.462 e. The van der Waals surface area contributed by atoms with Crippen LogP contribution >= 0.6 is 0 Å². The zero-order valence-corrected chi connectivity index (χ0v) is 12.2. The summed E-state index contributed by atoms with van der Waals surface area (Å²) in [5.41, 5.74) is 1.16. The minimum atomic E-state index is -0.308. The van der Waals surface area contributed by atoms with Crippen LogP contribution < -0.4 is 5.32 Å². The summed E-state index contributed by atoms with van der Waals surface area (Å²) < 4.78 is 5.35. The lowest BCUT2D eigenvalue weighted by molar-refractivity contribution is -0.105. The SMILES string of the molecule is CCCCC(CC)COC(=O)c1ccc(NC=O)cc1. The van der Waals surface area contributed by atoms with Crippen LogP contribution in [0.1, 0.15) is 49.9 Å². The van der Waals surface area contributed by atoms with Crippen LogP contribution in [-0.2, 0) is 9.53 Å². The van der Waals surface area contributed by atoms with E-state index in [4.69, 9.17) is 4.74 Å². The average Bonchev–Trinajstić information content (AvgIpc) is 2.48. The fourth-order valence-corrected chi connectivity index (χ4v) is 1.95. The topological polar surface area (TPSA) is 55.4 Å². The van der Waals surface area contributed by atoms with Gasteiger partial charge in [0, 0.05) is 5.69 Å². The highest BCUT2D eigenvalue weighted by Gasteiger charge is 2.11. The van der Waals surface area contributed by atoms with E-state index in [9.17, 15) is 9.59 Å². The lowest BCUT2D eigenvalue weighted by atomic mass is 10.0. The highest BCUT2D eigenvalue weighted by molar-refractivity contribution is 5.90. The summed E-state index contributed by atoms with van der Waals surface area (Å²) in [5, 5.41) is 2.52. The van der Waals surface area contributed by atoms with E-state index in [1.165, 1.54) is 6.42 Å². The molecule has 1 atom stereocenters. The number of amides is 1. The summed E-state index contributed by atoms with van der Waals surface area (Å²) in [5.74, 6) is 0.132. The number of carbonyl (C=O) groups is 2. The molecule has 0 aliphatic rings. The van der Waals surface area contributed by atoms with Gasteiger partial charge in [0.15, 0.2) is 0 Å². The molecule has 1 unspecified atom stereocenters. The van der Waals surface area contributed by atoms with Gasteiger partial charge in [0.25, 0.3) is 0 Å². The Labute approximate surface area is 120 Å². The van der Waals surface area contributed by atoms with Crippen molar-refractivity contribution in [2.75, 3.05) is 11.9 Å². The van der Waals surface area contributed by atoms with Crippen LogP contribution in [0.5, 0.6) is 0 Å². The maximum atomic E-state index is 11.9. The molecular formula is C16H23NO3. The molecule has 0 saturated heterocycles. The zero-order chi connectivity index (χ0) is 14.8. The summed E-state index contributed by atoms with van der Waals surface area (Å²) >= 11 is 0. The molecule has 0 spiro atoms. The highest BCUT2D eigenvalue weighted by Crippen LogP contribution is 2.15. The number of nitrogens with one attached hydrogen (secondary N) is 1. The molecule has 0 fully saturated rings. The molecule has 0 aromatic heterocycles. The number of hydrogen-bond acceptors (Lipinski definition) is 3. The third-order valence-electron chi connectivity index (χ3n) is 3.34. The van der Waals surface area contributed by atoms with E-state index in [0.717, 1.165) is 19.3 Å². The maximum absolute atomic E-state index is 11.9. The highest BCUT2D eigenvalue weighted by atomic mass is 16.5. The Bertz CT molecular complexity index is 414. The number of anilines is 1. The summed E-state index contributed by atoms with van der Waals surface area (Å²) in [6.45, 7) is 4.76. The van der Waals surface area contributed by atoms with Crippen molar-refractivity contribution < 1.29 is 14.3 Å². The lowest BCUT2D eigenvalue weighted by Crippen LogP contribution is -2.14. The molecule has 1 aromatic carbocycles. The van der Waals surface area contributed by atoms with Crippen molar-refractivity contribution >= 4 is 18.1 Å². The van der Waals surface area contributed by atoms with Crippen LogP contribution in [-0.4, -0.2) is 19.0 Å². The predicted molar refractivity (Wildman–Crippen MR) is 79.7 cm³/mol.